The number of benzene rings is 3. The summed E-state index contributed by atoms with van der Waals surface area (Å²) in [7, 11) is 0. The van der Waals surface area contributed by atoms with Crippen molar-refractivity contribution in [2.45, 2.75) is 13.0 Å². The first-order chi connectivity index (χ1) is 9.66. The minimum Gasteiger partial charge on any atom is -0.384 e. The molecule has 0 heterocycles. The van der Waals surface area contributed by atoms with Gasteiger partial charge in [0, 0.05) is 4.47 Å². The average Bonchev–Trinajstić information content (AvgIpc) is 2.46. The van der Waals surface area contributed by atoms with Crippen molar-refractivity contribution < 1.29 is 5.11 Å². The van der Waals surface area contributed by atoms with Crippen LogP contribution in [-0.2, 0) is 0 Å². The van der Waals surface area contributed by atoms with E-state index < -0.39 is 6.10 Å². The predicted molar refractivity (Wildman–Crippen MR) is 86.9 cm³/mol. The standard InChI is InChI=1S/C18H15BrO/c1-12-9-10-13-5-2-3-8-16(13)17(12)18(20)14-6-4-7-15(19)11-14/h2-11,18,20H,1H3. The Morgan fingerprint density at radius 1 is 0.950 bits per heavy atom. The van der Waals surface area contributed by atoms with Crippen LogP contribution < -0.4 is 0 Å². The first kappa shape index (κ1) is 13.3. The van der Waals surface area contributed by atoms with Gasteiger partial charge >= 0.3 is 0 Å². The first-order valence-electron chi connectivity index (χ1n) is 6.58. The SMILES string of the molecule is Cc1ccc2ccccc2c1C(O)c1cccc(Br)c1. The lowest BCUT2D eigenvalue weighted by atomic mass is 9.92. The van der Waals surface area contributed by atoms with Crippen LogP contribution in [0.4, 0.5) is 0 Å². The fraction of sp³-hybridized carbons (Fsp3) is 0.111. The van der Waals surface area contributed by atoms with Crippen molar-refractivity contribution >= 4 is 26.7 Å². The molecule has 0 bridgehead atoms. The summed E-state index contributed by atoms with van der Waals surface area (Å²) in [5.74, 6) is 0. The van der Waals surface area contributed by atoms with Crippen LogP contribution in [-0.4, -0.2) is 5.11 Å². The zero-order valence-corrected chi connectivity index (χ0v) is 12.8. The Morgan fingerprint density at radius 3 is 2.55 bits per heavy atom. The van der Waals surface area contributed by atoms with Crippen molar-refractivity contribution in [3.8, 4) is 0 Å². The number of fused-ring (bicyclic) bond motifs is 1. The van der Waals surface area contributed by atoms with Gasteiger partial charge in [0.2, 0.25) is 0 Å². The van der Waals surface area contributed by atoms with Crippen molar-refractivity contribution in [2.75, 3.05) is 0 Å². The second kappa shape index (κ2) is 5.39. The predicted octanol–water partition coefficient (Wildman–Crippen LogP) is 4.99. The molecule has 100 valence electrons. The smallest absolute Gasteiger partial charge is 0.105 e. The van der Waals surface area contributed by atoms with Gasteiger partial charge in [0.1, 0.15) is 6.10 Å². The van der Waals surface area contributed by atoms with E-state index in [4.69, 9.17) is 0 Å². The van der Waals surface area contributed by atoms with E-state index in [9.17, 15) is 5.11 Å². The fourth-order valence-electron chi connectivity index (χ4n) is 2.61. The van der Waals surface area contributed by atoms with E-state index in [1.54, 1.807) is 0 Å². The highest BCUT2D eigenvalue weighted by Gasteiger charge is 2.16. The molecule has 0 aliphatic carbocycles. The molecule has 1 atom stereocenters. The summed E-state index contributed by atoms with van der Waals surface area (Å²) in [5, 5.41) is 13.0. The second-order valence-electron chi connectivity index (χ2n) is 4.97. The zero-order chi connectivity index (χ0) is 14.1. The van der Waals surface area contributed by atoms with Gasteiger partial charge in [-0.15, -0.1) is 0 Å². The summed E-state index contributed by atoms with van der Waals surface area (Å²) in [6, 6.07) is 20.2. The Balaban J connectivity index is 2.21. The Kier molecular flexibility index (Phi) is 3.60. The third-order valence-corrected chi connectivity index (χ3v) is 4.12. The largest absolute Gasteiger partial charge is 0.384 e. The lowest BCUT2D eigenvalue weighted by molar-refractivity contribution is 0.221. The highest BCUT2D eigenvalue weighted by molar-refractivity contribution is 9.10. The van der Waals surface area contributed by atoms with E-state index >= 15 is 0 Å². The Hall–Kier alpha value is -1.64. The summed E-state index contributed by atoms with van der Waals surface area (Å²) in [6.45, 7) is 2.04. The lowest BCUT2D eigenvalue weighted by Gasteiger charge is -2.17. The van der Waals surface area contributed by atoms with Crippen LogP contribution in [0.25, 0.3) is 10.8 Å². The summed E-state index contributed by atoms with van der Waals surface area (Å²) in [5.41, 5.74) is 3.00. The third kappa shape index (κ3) is 2.37. The third-order valence-electron chi connectivity index (χ3n) is 3.63. The summed E-state index contributed by atoms with van der Waals surface area (Å²) in [6.07, 6.45) is -0.612. The molecule has 3 aromatic rings. The molecule has 0 fully saturated rings. The van der Waals surface area contributed by atoms with Gasteiger partial charge in [0.05, 0.1) is 0 Å². The fourth-order valence-corrected chi connectivity index (χ4v) is 3.03. The first-order valence-corrected chi connectivity index (χ1v) is 7.38. The van der Waals surface area contributed by atoms with Crippen LogP contribution in [0.15, 0.2) is 65.1 Å². The maximum Gasteiger partial charge on any atom is 0.105 e. The van der Waals surface area contributed by atoms with E-state index in [0.29, 0.717) is 0 Å². The number of aliphatic hydroxyl groups is 1. The van der Waals surface area contributed by atoms with Crippen LogP contribution >= 0.6 is 15.9 Å². The van der Waals surface area contributed by atoms with E-state index in [2.05, 4.69) is 40.2 Å². The van der Waals surface area contributed by atoms with Gasteiger partial charge in [-0.1, -0.05) is 64.5 Å². The van der Waals surface area contributed by atoms with Crippen molar-refractivity contribution in [3.63, 3.8) is 0 Å². The van der Waals surface area contributed by atoms with Crippen LogP contribution in [0.3, 0.4) is 0 Å². The number of hydrogen-bond acceptors (Lipinski definition) is 1. The molecule has 20 heavy (non-hydrogen) atoms. The molecule has 0 spiro atoms. The number of halogens is 1. The highest BCUT2D eigenvalue weighted by atomic mass is 79.9. The molecule has 0 amide bonds. The Morgan fingerprint density at radius 2 is 1.75 bits per heavy atom. The highest BCUT2D eigenvalue weighted by Crippen LogP contribution is 2.32. The van der Waals surface area contributed by atoms with Gasteiger partial charge in [-0.3, -0.25) is 0 Å². The van der Waals surface area contributed by atoms with Gasteiger partial charge in [0.15, 0.2) is 0 Å². The van der Waals surface area contributed by atoms with E-state index in [1.165, 1.54) is 0 Å². The normalized spacial score (nSPS) is 12.6. The molecule has 0 saturated carbocycles. The number of aryl methyl sites for hydroxylation is 1. The number of aliphatic hydroxyl groups excluding tert-OH is 1. The molecule has 0 aromatic heterocycles. The van der Waals surface area contributed by atoms with Crippen LogP contribution in [0, 0.1) is 6.92 Å². The van der Waals surface area contributed by atoms with E-state index in [1.807, 2.05) is 43.3 Å². The Bertz CT molecular complexity index is 764. The molecule has 1 N–H and O–H groups in total. The van der Waals surface area contributed by atoms with Gasteiger partial charge in [0.25, 0.3) is 0 Å². The molecule has 3 aromatic carbocycles. The summed E-state index contributed by atoms with van der Waals surface area (Å²) < 4.78 is 0.979. The quantitative estimate of drug-likeness (QED) is 0.703. The summed E-state index contributed by atoms with van der Waals surface area (Å²) in [4.78, 5) is 0. The Labute approximate surface area is 127 Å². The number of rotatable bonds is 2. The lowest BCUT2D eigenvalue weighted by Crippen LogP contribution is -2.03. The number of hydrogen-bond donors (Lipinski definition) is 1. The molecule has 0 aliphatic rings. The molecular weight excluding hydrogens is 312 g/mol. The van der Waals surface area contributed by atoms with E-state index in [0.717, 1.165) is 31.9 Å². The molecule has 0 radical (unpaired) electrons. The van der Waals surface area contributed by atoms with Crippen molar-refractivity contribution in [1.82, 2.24) is 0 Å². The average molecular weight is 327 g/mol. The van der Waals surface area contributed by atoms with Crippen molar-refractivity contribution in [1.29, 1.82) is 0 Å². The van der Waals surface area contributed by atoms with Crippen LogP contribution in [0.5, 0.6) is 0 Å². The second-order valence-corrected chi connectivity index (χ2v) is 5.89. The molecule has 3 rings (SSSR count). The maximum absolute atomic E-state index is 10.8. The summed E-state index contributed by atoms with van der Waals surface area (Å²) >= 11 is 3.46. The maximum atomic E-state index is 10.8. The van der Waals surface area contributed by atoms with Gasteiger partial charge in [-0.25, -0.2) is 0 Å². The van der Waals surface area contributed by atoms with Crippen molar-refractivity contribution in [2.24, 2.45) is 0 Å². The minimum atomic E-state index is -0.612. The van der Waals surface area contributed by atoms with Gasteiger partial charge in [-0.05, 0) is 46.5 Å². The topological polar surface area (TPSA) is 20.2 Å². The molecular formula is C18H15BrO. The van der Waals surface area contributed by atoms with E-state index in [-0.39, 0.29) is 0 Å². The zero-order valence-electron chi connectivity index (χ0n) is 11.2. The van der Waals surface area contributed by atoms with Crippen LogP contribution in [0.2, 0.25) is 0 Å². The molecule has 1 unspecified atom stereocenters. The monoisotopic (exact) mass is 326 g/mol. The van der Waals surface area contributed by atoms with Gasteiger partial charge in [-0.2, -0.15) is 0 Å². The molecule has 0 saturated heterocycles. The van der Waals surface area contributed by atoms with Gasteiger partial charge < -0.3 is 5.11 Å². The minimum absolute atomic E-state index is 0.612. The molecule has 2 heteroatoms. The molecule has 0 aliphatic heterocycles. The van der Waals surface area contributed by atoms with Crippen molar-refractivity contribution in [3.05, 3.63) is 81.8 Å². The van der Waals surface area contributed by atoms with Crippen LogP contribution in [0.1, 0.15) is 22.8 Å². The molecule has 1 nitrogen and oxygen atoms in total.